The summed E-state index contributed by atoms with van der Waals surface area (Å²) < 4.78 is 48.4. The van der Waals surface area contributed by atoms with E-state index in [2.05, 4.69) is 20.2 Å². The van der Waals surface area contributed by atoms with Crippen LogP contribution in [0.5, 0.6) is 5.75 Å². The second-order valence-electron chi connectivity index (χ2n) is 9.31. The van der Waals surface area contributed by atoms with Gasteiger partial charge in [0, 0.05) is 30.5 Å². The Bertz CT molecular complexity index is 1700. The Labute approximate surface area is 225 Å². The van der Waals surface area contributed by atoms with Crippen molar-refractivity contribution in [1.82, 2.24) is 19.1 Å². The first-order valence-electron chi connectivity index (χ1n) is 12.5. The highest BCUT2D eigenvalue weighted by Crippen LogP contribution is 2.21. The van der Waals surface area contributed by atoms with E-state index in [9.17, 15) is 27.6 Å². The molecule has 0 spiro atoms. The summed E-state index contributed by atoms with van der Waals surface area (Å²) in [4.78, 5) is 48.0. The molecule has 1 fully saturated rings. The van der Waals surface area contributed by atoms with Crippen molar-refractivity contribution in [3.63, 3.8) is 0 Å². The molecule has 0 aliphatic carbocycles. The molecule has 2 aromatic carbocycles. The number of halogens is 3. The molecule has 3 heterocycles. The molecule has 1 aliphatic rings. The van der Waals surface area contributed by atoms with E-state index in [0.717, 1.165) is 52.9 Å². The van der Waals surface area contributed by atoms with Gasteiger partial charge < -0.3 is 19.9 Å². The molecule has 0 bridgehead atoms. The molecule has 4 aromatic rings. The van der Waals surface area contributed by atoms with Gasteiger partial charge in [0.25, 0.3) is 5.56 Å². The second-order valence-corrected chi connectivity index (χ2v) is 9.31. The van der Waals surface area contributed by atoms with Crippen molar-refractivity contribution < 1.29 is 17.9 Å². The van der Waals surface area contributed by atoms with Gasteiger partial charge in [-0.1, -0.05) is 0 Å². The van der Waals surface area contributed by atoms with Crippen LogP contribution >= 0.6 is 0 Å². The Kier molecular flexibility index (Phi) is 7.45. The van der Waals surface area contributed by atoms with E-state index < -0.39 is 47.5 Å². The number of anilines is 3. The van der Waals surface area contributed by atoms with E-state index in [-0.39, 0.29) is 17.1 Å². The summed E-state index contributed by atoms with van der Waals surface area (Å²) in [6.07, 6.45) is 3.60. The zero-order valence-corrected chi connectivity index (χ0v) is 21.4. The van der Waals surface area contributed by atoms with Crippen molar-refractivity contribution in [2.45, 2.75) is 25.9 Å². The number of H-pyrrole nitrogens is 1. The maximum absolute atomic E-state index is 14.0. The van der Waals surface area contributed by atoms with E-state index in [1.165, 1.54) is 7.11 Å². The van der Waals surface area contributed by atoms with Crippen LogP contribution in [-0.2, 0) is 13.1 Å². The number of methoxy groups -OCH3 is 1. The molecule has 40 heavy (non-hydrogen) atoms. The van der Waals surface area contributed by atoms with Crippen molar-refractivity contribution in [2.75, 3.05) is 30.4 Å². The maximum atomic E-state index is 14.0. The van der Waals surface area contributed by atoms with Crippen molar-refractivity contribution >= 4 is 17.3 Å². The Morgan fingerprint density at radius 3 is 2.27 bits per heavy atom. The highest BCUT2D eigenvalue weighted by atomic mass is 19.2. The molecule has 0 amide bonds. The molecule has 1 saturated heterocycles. The Morgan fingerprint density at radius 2 is 1.62 bits per heavy atom. The van der Waals surface area contributed by atoms with Crippen LogP contribution < -0.4 is 31.9 Å². The molecular weight excluding hydrogens is 529 g/mol. The molecule has 10 nitrogen and oxygen atoms in total. The van der Waals surface area contributed by atoms with Gasteiger partial charge >= 0.3 is 11.4 Å². The fourth-order valence-electron chi connectivity index (χ4n) is 4.55. The third kappa shape index (κ3) is 5.48. The average molecular weight is 555 g/mol. The summed E-state index contributed by atoms with van der Waals surface area (Å²) in [5.41, 5.74) is -1.06. The fourth-order valence-corrected chi connectivity index (χ4v) is 4.55. The SMILES string of the molecule is COc1ccc(Nc2nc(=O)n(Cc3cc(N4CCCC4)c[nH]c3=O)c(=O)n2Cc2cc(F)c(F)c(F)c2)cc1. The highest BCUT2D eigenvalue weighted by molar-refractivity contribution is 5.55. The van der Waals surface area contributed by atoms with E-state index >= 15 is 0 Å². The van der Waals surface area contributed by atoms with Crippen LogP contribution in [0.15, 0.2) is 63.0 Å². The van der Waals surface area contributed by atoms with Gasteiger partial charge in [-0.25, -0.2) is 27.3 Å². The van der Waals surface area contributed by atoms with Crippen LogP contribution in [0.4, 0.5) is 30.5 Å². The lowest BCUT2D eigenvalue weighted by Crippen LogP contribution is -2.43. The topological polar surface area (TPSA) is 114 Å². The molecule has 0 saturated carbocycles. The van der Waals surface area contributed by atoms with Gasteiger partial charge in [0.1, 0.15) is 5.75 Å². The van der Waals surface area contributed by atoms with Gasteiger partial charge in [0.2, 0.25) is 5.95 Å². The summed E-state index contributed by atoms with van der Waals surface area (Å²) in [7, 11) is 1.49. The number of nitrogens with one attached hydrogen (secondary N) is 2. The fraction of sp³-hybridized carbons (Fsp3) is 0.259. The van der Waals surface area contributed by atoms with Gasteiger partial charge in [-0.05, 0) is 60.9 Å². The molecule has 1 aliphatic heterocycles. The van der Waals surface area contributed by atoms with Crippen molar-refractivity contribution in [3.05, 3.63) is 109 Å². The van der Waals surface area contributed by atoms with E-state index in [1.807, 2.05) is 0 Å². The number of aromatic nitrogens is 4. The second kappa shape index (κ2) is 11.1. The first-order valence-corrected chi connectivity index (χ1v) is 12.5. The Morgan fingerprint density at radius 1 is 0.950 bits per heavy atom. The van der Waals surface area contributed by atoms with Crippen LogP contribution in [-0.4, -0.2) is 39.3 Å². The highest BCUT2D eigenvalue weighted by Gasteiger charge is 2.19. The molecule has 5 rings (SSSR count). The van der Waals surface area contributed by atoms with Crippen molar-refractivity contribution in [3.8, 4) is 5.75 Å². The Balaban J connectivity index is 1.58. The summed E-state index contributed by atoms with van der Waals surface area (Å²) in [5, 5.41) is 2.86. The summed E-state index contributed by atoms with van der Waals surface area (Å²) in [6.45, 7) is 0.784. The van der Waals surface area contributed by atoms with Gasteiger partial charge in [0.15, 0.2) is 17.5 Å². The van der Waals surface area contributed by atoms with Gasteiger partial charge in [-0.2, -0.15) is 4.98 Å². The molecule has 0 radical (unpaired) electrons. The lowest BCUT2D eigenvalue weighted by atomic mass is 10.2. The zero-order chi connectivity index (χ0) is 28.4. The lowest BCUT2D eigenvalue weighted by molar-refractivity contribution is 0.415. The lowest BCUT2D eigenvalue weighted by Gasteiger charge is -2.18. The van der Waals surface area contributed by atoms with E-state index in [4.69, 9.17) is 4.74 Å². The number of benzene rings is 2. The molecule has 2 aromatic heterocycles. The zero-order valence-electron chi connectivity index (χ0n) is 21.4. The number of hydrogen-bond donors (Lipinski definition) is 2. The van der Waals surface area contributed by atoms with E-state index in [1.54, 1.807) is 36.5 Å². The normalized spacial score (nSPS) is 13.1. The summed E-state index contributed by atoms with van der Waals surface area (Å²) >= 11 is 0. The number of rotatable bonds is 8. The quantitative estimate of drug-likeness (QED) is 0.322. The van der Waals surface area contributed by atoms with Crippen LogP contribution in [0.25, 0.3) is 0 Å². The van der Waals surface area contributed by atoms with Crippen molar-refractivity contribution in [2.24, 2.45) is 0 Å². The van der Waals surface area contributed by atoms with Gasteiger partial charge in [0.05, 0.1) is 25.9 Å². The third-order valence-electron chi connectivity index (χ3n) is 6.64. The molecule has 2 N–H and O–H groups in total. The number of nitrogens with zero attached hydrogens (tertiary/aromatic N) is 4. The maximum Gasteiger partial charge on any atom is 0.355 e. The number of pyridine rings is 1. The van der Waals surface area contributed by atoms with Crippen molar-refractivity contribution in [1.29, 1.82) is 0 Å². The molecular formula is C27H25F3N6O4. The minimum atomic E-state index is -1.65. The summed E-state index contributed by atoms with van der Waals surface area (Å²) in [6, 6.07) is 9.62. The molecule has 0 atom stereocenters. The largest absolute Gasteiger partial charge is 0.497 e. The molecule has 13 heteroatoms. The van der Waals surface area contributed by atoms with Crippen LogP contribution in [0, 0.1) is 17.5 Å². The van der Waals surface area contributed by atoms with Gasteiger partial charge in [-0.3, -0.25) is 9.36 Å². The van der Waals surface area contributed by atoms with Crippen LogP contribution in [0.2, 0.25) is 0 Å². The number of aromatic amines is 1. The van der Waals surface area contributed by atoms with Crippen LogP contribution in [0.1, 0.15) is 24.0 Å². The van der Waals surface area contributed by atoms with Gasteiger partial charge in [-0.15, -0.1) is 0 Å². The minimum Gasteiger partial charge on any atom is -0.497 e. The predicted molar refractivity (Wildman–Crippen MR) is 142 cm³/mol. The first-order chi connectivity index (χ1) is 19.2. The minimum absolute atomic E-state index is 0.0860. The average Bonchev–Trinajstić information content (AvgIpc) is 3.48. The smallest absolute Gasteiger partial charge is 0.355 e. The monoisotopic (exact) mass is 554 g/mol. The molecule has 0 unspecified atom stereocenters. The van der Waals surface area contributed by atoms with Crippen LogP contribution in [0.3, 0.4) is 0 Å². The summed E-state index contributed by atoms with van der Waals surface area (Å²) in [5.74, 6) is -4.17. The number of hydrogen-bond acceptors (Lipinski definition) is 7. The number of ether oxygens (including phenoxy) is 1. The predicted octanol–water partition coefficient (Wildman–Crippen LogP) is 2.96. The standard InChI is InChI=1S/C27H25F3N6O4/c1-40-20-6-4-18(5-7-20)32-25-33-26(38)36(15-17-12-19(13-31-24(17)37)34-8-2-3-9-34)27(39)35(25)14-16-10-21(28)23(30)22(29)11-16/h4-7,10-13H,2-3,8-9,14-15H2,1H3,(H,31,37)(H,32,33,38). The first kappa shape index (κ1) is 26.8. The molecule has 208 valence electrons. The Hall–Kier alpha value is -4.81. The van der Waals surface area contributed by atoms with E-state index in [0.29, 0.717) is 11.4 Å². The third-order valence-corrected chi connectivity index (χ3v) is 6.64.